The molecule has 0 saturated carbocycles. The van der Waals surface area contributed by atoms with Crippen LogP contribution in [0.3, 0.4) is 0 Å². The van der Waals surface area contributed by atoms with Gasteiger partial charge in [-0.1, -0.05) is 53.6 Å². The third kappa shape index (κ3) is 7.06. The Kier molecular flexibility index (Phi) is 8.46. The summed E-state index contributed by atoms with van der Waals surface area (Å²) in [7, 11) is 2.12. The number of carbonyl (C=O) groups excluding carboxylic acids is 2. The fourth-order valence-corrected chi connectivity index (χ4v) is 3.83. The molecule has 0 aliphatic carbocycles. The molecule has 1 heterocycles. The Hall–Kier alpha value is -2.41. The lowest BCUT2D eigenvalue weighted by Crippen LogP contribution is -2.49. The first-order valence-electron chi connectivity index (χ1n) is 10.7. The molecule has 2 aromatic carbocycles. The number of piperazine rings is 1. The third-order valence-corrected chi connectivity index (χ3v) is 5.97. The predicted octanol–water partition coefficient (Wildman–Crippen LogP) is 2.41. The summed E-state index contributed by atoms with van der Waals surface area (Å²) in [4.78, 5) is 29.3. The van der Waals surface area contributed by atoms with Crippen molar-refractivity contribution in [2.45, 2.75) is 19.4 Å². The Morgan fingerprint density at radius 1 is 0.935 bits per heavy atom. The fourth-order valence-electron chi connectivity index (χ4n) is 3.70. The van der Waals surface area contributed by atoms with Gasteiger partial charge in [-0.25, -0.2) is 0 Å². The average Bonchev–Trinajstić information content (AvgIpc) is 2.77. The largest absolute Gasteiger partial charge is 0.348 e. The maximum absolute atomic E-state index is 12.4. The van der Waals surface area contributed by atoms with Crippen LogP contribution >= 0.6 is 11.6 Å². The highest BCUT2D eigenvalue weighted by molar-refractivity contribution is 6.35. The molecule has 6 nitrogen and oxygen atoms in total. The van der Waals surface area contributed by atoms with Crippen molar-refractivity contribution in [3.05, 3.63) is 70.2 Å². The number of amides is 2. The number of aryl methyl sites for hydroxylation is 1. The zero-order valence-electron chi connectivity index (χ0n) is 18.2. The molecular weight excluding hydrogens is 412 g/mol. The lowest BCUT2D eigenvalue weighted by Gasteiger charge is -2.38. The zero-order valence-corrected chi connectivity index (χ0v) is 19.0. The molecule has 0 bridgehead atoms. The first-order chi connectivity index (χ1) is 14.9. The van der Waals surface area contributed by atoms with Crippen molar-refractivity contribution >= 4 is 23.4 Å². The van der Waals surface area contributed by atoms with Gasteiger partial charge in [0.15, 0.2) is 0 Å². The normalized spacial score (nSPS) is 16.0. The van der Waals surface area contributed by atoms with Crippen molar-refractivity contribution in [1.29, 1.82) is 0 Å². The minimum absolute atomic E-state index is 0.0418. The van der Waals surface area contributed by atoms with Gasteiger partial charge in [-0.15, -0.1) is 0 Å². The van der Waals surface area contributed by atoms with Gasteiger partial charge in [0.1, 0.15) is 0 Å². The summed E-state index contributed by atoms with van der Waals surface area (Å²) in [5.41, 5.74) is 3.41. The van der Waals surface area contributed by atoms with Crippen LogP contribution in [0.5, 0.6) is 0 Å². The molecular formula is C24H31ClN4O2. The number of hydrogen-bond donors (Lipinski definition) is 2. The van der Waals surface area contributed by atoms with Gasteiger partial charge in [-0.05, 0) is 43.7 Å². The zero-order chi connectivity index (χ0) is 22.2. The highest BCUT2D eigenvalue weighted by Gasteiger charge is 2.25. The molecule has 1 atom stereocenters. The Morgan fingerprint density at radius 2 is 1.55 bits per heavy atom. The Balaban J connectivity index is 1.53. The van der Waals surface area contributed by atoms with E-state index in [1.54, 1.807) is 0 Å². The van der Waals surface area contributed by atoms with Gasteiger partial charge >= 0.3 is 11.8 Å². The van der Waals surface area contributed by atoms with Gasteiger partial charge in [0.2, 0.25) is 0 Å². The van der Waals surface area contributed by atoms with E-state index in [4.69, 9.17) is 11.6 Å². The summed E-state index contributed by atoms with van der Waals surface area (Å²) in [6, 6.07) is 15.9. The number of nitrogens with zero attached hydrogens (tertiary/aromatic N) is 2. The van der Waals surface area contributed by atoms with E-state index >= 15 is 0 Å². The summed E-state index contributed by atoms with van der Waals surface area (Å²) in [5, 5.41) is 6.21. The average molecular weight is 443 g/mol. The first kappa shape index (κ1) is 23.3. The highest BCUT2D eigenvalue weighted by atomic mass is 35.5. The van der Waals surface area contributed by atoms with Crippen LogP contribution < -0.4 is 10.6 Å². The van der Waals surface area contributed by atoms with Crippen LogP contribution in [0.15, 0.2) is 48.5 Å². The van der Waals surface area contributed by atoms with Crippen LogP contribution in [-0.2, 0) is 16.0 Å². The van der Waals surface area contributed by atoms with E-state index in [2.05, 4.69) is 58.7 Å². The SMILES string of the molecule is Cc1ccc(C(CNC(=O)C(=O)NCCc2ccc(Cl)cc2)N2CCN(C)CC2)cc1. The minimum atomic E-state index is -0.602. The fraction of sp³-hybridized carbons (Fsp3) is 0.417. The van der Waals surface area contributed by atoms with Crippen molar-refractivity contribution in [3.63, 3.8) is 0 Å². The number of benzene rings is 2. The highest BCUT2D eigenvalue weighted by Crippen LogP contribution is 2.22. The summed E-state index contributed by atoms with van der Waals surface area (Å²) in [6.45, 7) is 6.69. The van der Waals surface area contributed by atoms with Gasteiger partial charge in [-0.2, -0.15) is 0 Å². The van der Waals surface area contributed by atoms with Gasteiger partial charge < -0.3 is 15.5 Å². The van der Waals surface area contributed by atoms with Crippen molar-refractivity contribution in [2.75, 3.05) is 46.3 Å². The summed E-state index contributed by atoms with van der Waals surface area (Å²) in [5.74, 6) is -1.20. The Bertz CT molecular complexity index is 862. The van der Waals surface area contributed by atoms with Gasteiger partial charge in [0, 0.05) is 44.3 Å². The lowest BCUT2D eigenvalue weighted by molar-refractivity contribution is -0.139. The number of likely N-dealkylation sites (N-methyl/N-ethyl adjacent to an activating group) is 1. The van der Waals surface area contributed by atoms with E-state index in [0.717, 1.165) is 37.3 Å². The molecule has 3 rings (SSSR count). The summed E-state index contributed by atoms with van der Waals surface area (Å²) in [6.07, 6.45) is 0.642. The molecule has 1 aliphatic heterocycles. The molecule has 0 radical (unpaired) electrons. The second kappa shape index (κ2) is 11.3. The lowest BCUT2D eigenvalue weighted by atomic mass is 10.0. The molecule has 2 aromatic rings. The van der Waals surface area contributed by atoms with Crippen LogP contribution in [0, 0.1) is 6.92 Å². The van der Waals surface area contributed by atoms with Crippen molar-refractivity contribution in [3.8, 4) is 0 Å². The van der Waals surface area contributed by atoms with E-state index in [1.165, 1.54) is 5.56 Å². The topological polar surface area (TPSA) is 64.7 Å². The molecule has 2 amide bonds. The van der Waals surface area contributed by atoms with Gasteiger partial charge in [0.05, 0.1) is 6.04 Å². The molecule has 31 heavy (non-hydrogen) atoms. The second-order valence-corrected chi connectivity index (χ2v) is 8.54. The van der Waals surface area contributed by atoms with E-state index in [1.807, 2.05) is 24.3 Å². The molecule has 2 N–H and O–H groups in total. The van der Waals surface area contributed by atoms with Crippen LogP contribution in [0.25, 0.3) is 0 Å². The van der Waals surface area contributed by atoms with Crippen molar-refractivity contribution < 1.29 is 9.59 Å². The predicted molar refractivity (Wildman–Crippen MR) is 124 cm³/mol. The molecule has 1 fully saturated rings. The summed E-state index contributed by atoms with van der Waals surface area (Å²) >= 11 is 5.88. The maximum Gasteiger partial charge on any atom is 0.309 e. The molecule has 1 saturated heterocycles. The molecule has 1 aliphatic rings. The molecule has 7 heteroatoms. The summed E-state index contributed by atoms with van der Waals surface area (Å²) < 4.78 is 0. The molecule has 0 spiro atoms. The number of carbonyl (C=O) groups is 2. The molecule has 1 unspecified atom stereocenters. The van der Waals surface area contributed by atoms with E-state index < -0.39 is 11.8 Å². The monoisotopic (exact) mass is 442 g/mol. The van der Waals surface area contributed by atoms with E-state index in [9.17, 15) is 9.59 Å². The Labute approximate surface area is 189 Å². The third-order valence-electron chi connectivity index (χ3n) is 5.72. The number of rotatable bonds is 7. The van der Waals surface area contributed by atoms with Crippen molar-refractivity contribution in [1.82, 2.24) is 20.4 Å². The van der Waals surface area contributed by atoms with Crippen LogP contribution in [0.1, 0.15) is 22.7 Å². The van der Waals surface area contributed by atoms with E-state index in [0.29, 0.717) is 24.5 Å². The standard InChI is InChI=1S/C24H31ClN4O2/c1-18-3-7-20(8-4-18)22(29-15-13-28(2)14-16-29)17-27-24(31)23(30)26-12-11-19-5-9-21(25)10-6-19/h3-10,22H,11-17H2,1-2H3,(H,26,30)(H,27,31). The molecule has 166 valence electrons. The minimum Gasteiger partial charge on any atom is -0.348 e. The number of nitrogens with one attached hydrogen (secondary N) is 2. The maximum atomic E-state index is 12.4. The quantitative estimate of drug-likeness (QED) is 0.646. The van der Waals surface area contributed by atoms with Crippen LogP contribution in [0.4, 0.5) is 0 Å². The number of halogens is 1. The van der Waals surface area contributed by atoms with Crippen LogP contribution in [0.2, 0.25) is 5.02 Å². The first-order valence-corrected chi connectivity index (χ1v) is 11.1. The van der Waals surface area contributed by atoms with Gasteiger partial charge in [0.25, 0.3) is 0 Å². The molecule has 0 aromatic heterocycles. The van der Waals surface area contributed by atoms with Gasteiger partial charge in [-0.3, -0.25) is 14.5 Å². The smallest absolute Gasteiger partial charge is 0.309 e. The van der Waals surface area contributed by atoms with Crippen molar-refractivity contribution in [2.24, 2.45) is 0 Å². The second-order valence-electron chi connectivity index (χ2n) is 8.11. The van der Waals surface area contributed by atoms with E-state index in [-0.39, 0.29) is 6.04 Å². The Morgan fingerprint density at radius 3 is 2.19 bits per heavy atom. The van der Waals surface area contributed by atoms with Crippen LogP contribution in [-0.4, -0.2) is 67.9 Å². The number of hydrogen-bond acceptors (Lipinski definition) is 4.